The minimum absolute atomic E-state index is 0.206. The van der Waals surface area contributed by atoms with Crippen molar-refractivity contribution in [3.05, 3.63) is 40.7 Å². The van der Waals surface area contributed by atoms with E-state index in [0.29, 0.717) is 6.54 Å². The SMILES string of the molecule is COC(=O)Cc1csc(NCc2cccc(C)n2)n1. The van der Waals surface area contributed by atoms with Gasteiger partial charge in [-0.1, -0.05) is 6.07 Å². The first kappa shape index (κ1) is 13.5. The number of pyridine rings is 1. The minimum Gasteiger partial charge on any atom is -0.469 e. The summed E-state index contributed by atoms with van der Waals surface area (Å²) in [6.07, 6.45) is 0.206. The van der Waals surface area contributed by atoms with Crippen LogP contribution in [0.5, 0.6) is 0 Å². The van der Waals surface area contributed by atoms with Gasteiger partial charge in [-0.25, -0.2) is 4.98 Å². The Morgan fingerprint density at radius 1 is 1.37 bits per heavy atom. The Balaban J connectivity index is 1.91. The standard InChI is InChI=1S/C13H15N3O2S/c1-9-4-3-5-10(15-9)7-14-13-16-11(8-19-13)6-12(17)18-2/h3-5,8H,6-7H2,1-2H3,(H,14,16). The zero-order chi connectivity index (χ0) is 13.7. The van der Waals surface area contributed by atoms with E-state index in [9.17, 15) is 4.79 Å². The summed E-state index contributed by atoms with van der Waals surface area (Å²) in [6.45, 7) is 2.58. The van der Waals surface area contributed by atoms with Crippen molar-refractivity contribution in [3.8, 4) is 0 Å². The third kappa shape index (κ3) is 4.03. The Labute approximate surface area is 115 Å². The molecule has 0 radical (unpaired) electrons. The van der Waals surface area contributed by atoms with E-state index in [4.69, 9.17) is 0 Å². The molecule has 2 rings (SSSR count). The molecule has 2 aromatic heterocycles. The quantitative estimate of drug-likeness (QED) is 0.849. The van der Waals surface area contributed by atoms with E-state index in [0.717, 1.165) is 22.2 Å². The molecule has 0 spiro atoms. The summed E-state index contributed by atoms with van der Waals surface area (Å²) in [4.78, 5) is 19.8. The van der Waals surface area contributed by atoms with Crippen LogP contribution >= 0.6 is 11.3 Å². The average molecular weight is 277 g/mol. The van der Waals surface area contributed by atoms with Crippen LogP contribution in [0.1, 0.15) is 17.1 Å². The number of hydrogen-bond donors (Lipinski definition) is 1. The van der Waals surface area contributed by atoms with Gasteiger partial charge in [0, 0.05) is 11.1 Å². The number of nitrogens with zero attached hydrogens (tertiary/aromatic N) is 2. The lowest BCUT2D eigenvalue weighted by Crippen LogP contribution is -2.05. The van der Waals surface area contributed by atoms with Gasteiger partial charge in [-0.05, 0) is 19.1 Å². The number of rotatable bonds is 5. The van der Waals surface area contributed by atoms with Gasteiger partial charge < -0.3 is 10.1 Å². The molecule has 0 aliphatic rings. The Morgan fingerprint density at radius 3 is 2.95 bits per heavy atom. The minimum atomic E-state index is -0.280. The van der Waals surface area contributed by atoms with Crippen molar-refractivity contribution in [3.63, 3.8) is 0 Å². The number of carbonyl (C=O) groups excluding carboxylic acids is 1. The second-order valence-electron chi connectivity index (χ2n) is 4.02. The molecule has 0 bridgehead atoms. The number of aryl methyl sites for hydroxylation is 1. The maximum absolute atomic E-state index is 11.1. The molecule has 0 aliphatic carbocycles. The van der Waals surface area contributed by atoms with Crippen LogP contribution in [0.15, 0.2) is 23.6 Å². The first-order chi connectivity index (χ1) is 9.17. The van der Waals surface area contributed by atoms with E-state index >= 15 is 0 Å². The van der Waals surface area contributed by atoms with E-state index < -0.39 is 0 Å². The molecule has 0 fully saturated rings. The highest BCUT2D eigenvalue weighted by Gasteiger charge is 2.07. The molecule has 19 heavy (non-hydrogen) atoms. The van der Waals surface area contributed by atoms with Crippen molar-refractivity contribution in [2.45, 2.75) is 19.9 Å². The van der Waals surface area contributed by atoms with Crippen LogP contribution in [0.2, 0.25) is 0 Å². The molecule has 0 atom stereocenters. The summed E-state index contributed by atoms with van der Waals surface area (Å²) in [5.41, 5.74) is 2.67. The van der Waals surface area contributed by atoms with Crippen molar-refractivity contribution in [2.24, 2.45) is 0 Å². The van der Waals surface area contributed by atoms with Crippen molar-refractivity contribution >= 4 is 22.4 Å². The lowest BCUT2D eigenvalue weighted by atomic mass is 10.3. The predicted octanol–water partition coefficient (Wildman–Crippen LogP) is 2.17. The summed E-state index contributed by atoms with van der Waals surface area (Å²) >= 11 is 1.47. The highest BCUT2D eigenvalue weighted by molar-refractivity contribution is 7.13. The number of thiazole rings is 1. The molecular weight excluding hydrogens is 262 g/mol. The molecule has 2 heterocycles. The number of esters is 1. The van der Waals surface area contributed by atoms with Gasteiger partial charge in [0.05, 0.1) is 31.5 Å². The Kier molecular flexibility index (Phi) is 4.46. The molecule has 0 saturated heterocycles. The van der Waals surface area contributed by atoms with Gasteiger partial charge in [-0.2, -0.15) is 0 Å². The number of anilines is 1. The molecular formula is C13H15N3O2S. The van der Waals surface area contributed by atoms with E-state index in [2.05, 4.69) is 20.0 Å². The first-order valence-electron chi connectivity index (χ1n) is 5.85. The molecule has 0 unspecified atom stereocenters. The molecule has 0 aliphatic heterocycles. The van der Waals surface area contributed by atoms with Crippen LogP contribution in [-0.2, 0) is 22.5 Å². The number of nitrogens with one attached hydrogen (secondary N) is 1. The maximum Gasteiger partial charge on any atom is 0.311 e. The van der Waals surface area contributed by atoms with E-state index in [-0.39, 0.29) is 12.4 Å². The van der Waals surface area contributed by atoms with Gasteiger partial charge in [0.15, 0.2) is 5.13 Å². The van der Waals surface area contributed by atoms with Crippen molar-refractivity contribution in [1.82, 2.24) is 9.97 Å². The van der Waals surface area contributed by atoms with Crippen LogP contribution in [0.4, 0.5) is 5.13 Å². The van der Waals surface area contributed by atoms with E-state index in [1.807, 2.05) is 30.5 Å². The summed E-state index contributed by atoms with van der Waals surface area (Å²) < 4.78 is 4.60. The fourth-order valence-electron chi connectivity index (χ4n) is 1.55. The number of hydrogen-bond acceptors (Lipinski definition) is 6. The van der Waals surface area contributed by atoms with E-state index in [1.165, 1.54) is 18.4 Å². The molecule has 0 aromatic carbocycles. The lowest BCUT2D eigenvalue weighted by molar-refractivity contribution is -0.139. The molecule has 2 aromatic rings. The third-order valence-corrected chi connectivity index (χ3v) is 3.32. The monoisotopic (exact) mass is 277 g/mol. The van der Waals surface area contributed by atoms with Crippen molar-refractivity contribution in [1.29, 1.82) is 0 Å². The fraction of sp³-hybridized carbons (Fsp3) is 0.308. The summed E-state index contributed by atoms with van der Waals surface area (Å²) in [5, 5.41) is 5.82. The molecule has 5 nitrogen and oxygen atoms in total. The summed E-state index contributed by atoms with van der Waals surface area (Å²) in [7, 11) is 1.37. The van der Waals surface area contributed by atoms with Gasteiger partial charge >= 0.3 is 5.97 Å². The number of methoxy groups -OCH3 is 1. The third-order valence-electron chi connectivity index (χ3n) is 2.47. The number of carbonyl (C=O) groups is 1. The van der Waals surface area contributed by atoms with Gasteiger partial charge in [0.25, 0.3) is 0 Å². The van der Waals surface area contributed by atoms with Crippen LogP contribution in [-0.4, -0.2) is 23.0 Å². The zero-order valence-electron chi connectivity index (χ0n) is 10.8. The van der Waals surface area contributed by atoms with Gasteiger partial charge in [-0.3, -0.25) is 9.78 Å². The molecule has 100 valence electrons. The predicted molar refractivity (Wildman–Crippen MR) is 74.1 cm³/mol. The van der Waals surface area contributed by atoms with Crippen LogP contribution in [0.3, 0.4) is 0 Å². The van der Waals surface area contributed by atoms with Gasteiger partial charge in [0.1, 0.15) is 0 Å². The van der Waals surface area contributed by atoms with Crippen molar-refractivity contribution < 1.29 is 9.53 Å². The highest BCUT2D eigenvalue weighted by atomic mass is 32.1. The highest BCUT2D eigenvalue weighted by Crippen LogP contribution is 2.16. The normalized spacial score (nSPS) is 10.2. The van der Waals surface area contributed by atoms with Crippen molar-refractivity contribution in [2.75, 3.05) is 12.4 Å². The maximum atomic E-state index is 11.1. The molecule has 0 amide bonds. The zero-order valence-corrected chi connectivity index (χ0v) is 11.7. The van der Waals surface area contributed by atoms with Crippen LogP contribution in [0, 0.1) is 6.92 Å². The van der Waals surface area contributed by atoms with E-state index in [1.54, 1.807) is 0 Å². The smallest absolute Gasteiger partial charge is 0.311 e. The summed E-state index contributed by atoms with van der Waals surface area (Å²) in [6, 6.07) is 5.90. The molecule has 6 heteroatoms. The second kappa shape index (κ2) is 6.29. The first-order valence-corrected chi connectivity index (χ1v) is 6.73. The lowest BCUT2D eigenvalue weighted by Gasteiger charge is -2.02. The molecule has 0 saturated carbocycles. The second-order valence-corrected chi connectivity index (χ2v) is 4.88. The number of aromatic nitrogens is 2. The van der Waals surface area contributed by atoms with Crippen LogP contribution < -0.4 is 5.32 Å². The Bertz CT molecular complexity index is 569. The summed E-state index contributed by atoms with van der Waals surface area (Å²) in [5.74, 6) is -0.280. The van der Waals surface area contributed by atoms with Crippen LogP contribution in [0.25, 0.3) is 0 Å². The largest absolute Gasteiger partial charge is 0.469 e. The van der Waals surface area contributed by atoms with Gasteiger partial charge in [0.2, 0.25) is 0 Å². The fourth-order valence-corrected chi connectivity index (χ4v) is 2.26. The van der Waals surface area contributed by atoms with Gasteiger partial charge in [-0.15, -0.1) is 11.3 Å². The topological polar surface area (TPSA) is 64.1 Å². The average Bonchev–Trinajstić information content (AvgIpc) is 2.84. The number of ether oxygens (including phenoxy) is 1. The Hall–Kier alpha value is -1.95. The molecule has 1 N–H and O–H groups in total. The Morgan fingerprint density at radius 2 is 2.21 bits per heavy atom.